The van der Waals surface area contributed by atoms with Crippen molar-refractivity contribution in [2.75, 3.05) is 0 Å². The van der Waals surface area contributed by atoms with Gasteiger partial charge in [-0.25, -0.2) is 0 Å². The second-order valence-corrected chi connectivity index (χ2v) is 35.8. The van der Waals surface area contributed by atoms with Gasteiger partial charge in [-0.3, -0.25) is 14.4 Å². The maximum Gasteiger partial charge on any atom is 0.197 e. The minimum Gasteiger partial charge on any atom is -0.289 e. The molecule has 0 aliphatic heterocycles. The lowest BCUT2D eigenvalue weighted by Crippen LogP contribution is -2.04. The molecule has 6 heterocycles. The largest absolute Gasteiger partial charge is 0.289 e. The number of hydrogen-bond acceptors (Lipinski definition) is 9. The maximum absolute atomic E-state index is 14.2. The molecule has 0 bridgehead atoms. The van der Waals surface area contributed by atoms with Crippen molar-refractivity contribution in [1.29, 1.82) is 0 Å². The molecule has 2 aliphatic rings. The number of carbonyl (C=O) groups excluding carboxylic acids is 3. The summed E-state index contributed by atoms with van der Waals surface area (Å²) in [6, 6.07) is 35.2. The van der Waals surface area contributed by atoms with E-state index in [9.17, 15) is 14.4 Å². The number of aryl methyl sites for hydroxylation is 2. The third-order valence-corrected chi connectivity index (χ3v) is 28.5. The van der Waals surface area contributed by atoms with Crippen molar-refractivity contribution in [3.05, 3.63) is 168 Å². The van der Waals surface area contributed by atoms with E-state index >= 15 is 0 Å². The Morgan fingerprint density at radius 1 is 0.350 bits per heavy atom. The molecule has 100 heavy (non-hydrogen) atoms. The number of ketones is 3. The predicted octanol–water partition coefficient (Wildman–Crippen LogP) is 30.8. The first kappa shape index (κ1) is 75.8. The minimum atomic E-state index is -0.170. The number of allylic oxidation sites excluding steroid dienone is 3. The number of fused-ring (bicyclic) bond motifs is 4. The Bertz CT molecular complexity index is 3850. The number of hydrogen-bond donors (Lipinski definition) is 0. The second kappa shape index (κ2) is 38.4. The highest BCUT2D eigenvalue weighted by atomic mass is 32.1. The van der Waals surface area contributed by atoms with Crippen molar-refractivity contribution in [2.24, 2.45) is 11.8 Å². The Kier molecular flexibility index (Phi) is 29.1. The minimum absolute atomic E-state index is 0.0705. The molecule has 0 saturated carbocycles. The van der Waals surface area contributed by atoms with Gasteiger partial charge in [-0.15, -0.1) is 68.0 Å². The first-order chi connectivity index (χ1) is 49.0. The molecule has 3 aromatic carbocycles. The van der Waals surface area contributed by atoms with E-state index in [0.717, 1.165) is 71.4 Å². The lowest BCUT2D eigenvalue weighted by atomic mass is 9.91. The summed E-state index contributed by atoms with van der Waals surface area (Å²) in [5.74, 6) is 1.09. The lowest BCUT2D eigenvalue weighted by molar-refractivity contribution is 0.0988. The second-order valence-electron chi connectivity index (χ2n) is 29.2. The van der Waals surface area contributed by atoms with E-state index < -0.39 is 0 Å². The summed E-state index contributed by atoms with van der Waals surface area (Å²) >= 11 is 11.7. The van der Waals surface area contributed by atoms with Crippen molar-refractivity contribution in [2.45, 2.75) is 273 Å². The van der Waals surface area contributed by atoms with Crippen LogP contribution in [0.5, 0.6) is 0 Å². The fraction of sp³-hybridized carbons (Fsp3) is 0.484. The van der Waals surface area contributed by atoms with Crippen LogP contribution in [0.15, 0.2) is 115 Å². The first-order valence-electron chi connectivity index (χ1n) is 39.5. The van der Waals surface area contributed by atoms with E-state index in [1.54, 1.807) is 23.5 Å². The molecule has 9 aromatic rings. The van der Waals surface area contributed by atoms with Gasteiger partial charge in [0, 0.05) is 102 Å². The fourth-order valence-electron chi connectivity index (χ4n) is 15.7. The lowest BCUT2D eigenvalue weighted by Gasteiger charge is -2.16. The average molecular weight is 1450 g/mol. The standard InChI is InChI=1S/C91H112O3S6/c1-8-14-20-26-28-32-42-63(40-30-22-16-10-3)54-67-50-52-79(95-67)83-76-60-81(88-65(44-34-24-18-12-5)56-69(97-88)58-75-62(7)71-46-36-37-47-72(71)85(75)92)99-90(76)84(80-53-51-68(96-80)55-64(41-31-23-17-11-4)43-33-29-27-21-15-9-2)77-61-82(100-91(77)83)89-66(45-35-25-19-13-6)57-70(98-89)59-78-86(93)73-48-38-39-49-74(73)87(78)94/h36-39,46-53,56-61,63-64H,7-35,40-45,54-55H2,1-6H3/b75-58-. The van der Waals surface area contributed by atoms with Gasteiger partial charge in [-0.05, 0) is 133 Å². The molecule has 530 valence electrons. The number of benzene rings is 3. The van der Waals surface area contributed by atoms with Crippen molar-refractivity contribution in [3.63, 3.8) is 0 Å². The molecular formula is C91H112O3S6. The van der Waals surface area contributed by atoms with Crippen molar-refractivity contribution in [3.8, 4) is 40.4 Å². The van der Waals surface area contributed by atoms with Crippen LogP contribution < -0.4 is 0 Å². The van der Waals surface area contributed by atoms with E-state index in [4.69, 9.17) is 0 Å². The van der Waals surface area contributed by atoms with Crippen LogP contribution in [0.25, 0.3) is 78.3 Å². The first-order valence-corrected chi connectivity index (χ1v) is 44.4. The Hall–Kier alpha value is -5.39. The molecule has 3 nitrogen and oxygen atoms in total. The number of unbranched alkanes of at least 4 members (excludes halogenated alkanes) is 22. The molecule has 0 amide bonds. The summed E-state index contributed by atoms with van der Waals surface area (Å²) in [6.45, 7) is 18.4. The number of carbonyl (C=O) groups is 3. The van der Waals surface area contributed by atoms with Crippen LogP contribution in [0.3, 0.4) is 0 Å². The smallest absolute Gasteiger partial charge is 0.197 e. The van der Waals surface area contributed by atoms with Crippen LogP contribution in [0, 0.1) is 11.8 Å². The zero-order chi connectivity index (χ0) is 69.7. The molecule has 0 saturated heterocycles. The Morgan fingerprint density at radius 2 is 0.690 bits per heavy atom. The van der Waals surface area contributed by atoms with Crippen LogP contribution in [-0.2, 0) is 25.7 Å². The Labute approximate surface area is 625 Å². The Morgan fingerprint density at radius 3 is 1.09 bits per heavy atom. The third-order valence-electron chi connectivity index (χ3n) is 21.4. The molecule has 2 unspecified atom stereocenters. The van der Waals surface area contributed by atoms with Crippen molar-refractivity contribution >= 4 is 123 Å². The molecule has 2 atom stereocenters. The maximum atomic E-state index is 14.2. The van der Waals surface area contributed by atoms with E-state index in [1.165, 1.54) is 268 Å². The number of Topliss-reactive ketones (excluding diaryl/α,β-unsaturated/α-hetero) is 3. The molecule has 6 aromatic heterocycles. The van der Waals surface area contributed by atoms with Gasteiger partial charge in [0.1, 0.15) is 0 Å². The zero-order valence-electron chi connectivity index (χ0n) is 61.4. The highest BCUT2D eigenvalue weighted by Crippen LogP contribution is 2.56. The molecule has 0 fully saturated rings. The summed E-state index contributed by atoms with van der Waals surface area (Å²) in [4.78, 5) is 55.3. The molecular weight excluding hydrogens is 1330 g/mol. The van der Waals surface area contributed by atoms with Crippen LogP contribution >= 0.6 is 68.0 Å². The van der Waals surface area contributed by atoms with E-state index in [1.807, 2.05) is 76.5 Å². The summed E-state index contributed by atoms with van der Waals surface area (Å²) in [5.41, 5.74) is 9.93. The van der Waals surface area contributed by atoms with Gasteiger partial charge in [-0.1, -0.05) is 289 Å². The van der Waals surface area contributed by atoms with Crippen LogP contribution in [0.2, 0.25) is 0 Å². The van der Waals surface area contributed by atoms with Gasteiger partial charge < -0.3 is 0 Å². The SMILES string of the molecule is C=C1/C(=C/c2cc(CCCCCC)c(-c3cc4c(-c5ccc(CC(CCCCCC)CCCCCCCC)s5)c5sc(-c6sc(C=C7C(=O)c8ccccc8C7=O)cc6CCCCCC)cc5c(-c5ccc(CC(CCCCCC)CCCCCCCC)s5)c4s3)s2)C(=O)c2ccccc21. The van der Waals surface area contributed by atoms with Gasteiger partial charge in [0.2, 0.25) is 0 Å². The molecule has 0 radical (unpaired) electrons. The van der Waals surface area contributed by atoms with Gasteiger partial charge >= 0.3 is 0 Å². The topological polar surface area (TPSA) is 51.2 Å². The van der Waals surface area contributed by atoms with Crippen molar-refractivity contribution < 1.29 is 14.4 Å². The van der Waals surface area contributed by atoms with Crippen molar-refractivity contribution in [1.82, 2.24) is 0 Å². The van der Waals surface area contributed by atoms with E-state index in [-0.39, 0.29) is 22.9 Å². The molecule has 9 heteroatoms. The number of thiophene rings is 6. The highest BCUT2D eigenvalue weighted by Gasteiger charge is 2.34. The highest BCUT2D eigenvalue weighted by molar-refractivity contribution is 7.29. The van der Waals surface area contributed by atoms with Crippen LogP contribution in [-0.4, -0.2) is 17.3 Å². The summed E-state index contributed by atoms with van der Waals surface area (Å²) in [6.07, 6.45) is 49.3. The van der Waals surface area contributed by atoms with Crippen LogP contribution in [0.1, 0.15) is 314 Å². The summed E-state index contributed by atoms with van der Waals surface area (Å²) in [5, 5.41) is 2.67. The van der Waals surface area contributed by atoms with Gasteiger partial charge in [-0.2, -0.15) is 0 Å². The molecule has 11 rings (SSSR count). The molecule has 0 N–H and O–H groups in total. The molecule has 0 spiro atoms. The Balaban J connectivity index is 1.10. The van der Waals surface area contributed by atoms with E-state index in [0.29, 0.717) is 28.5 Å². The van der Waals surface area contributed by atoms with E-state index in [2.05, 4.69) is 125 Å². The summed E-state index contributed by atoms with van der Waals surface area (Å²) in [7, 11) is 0. The third kappa shape index (κ3) is 18.9. The quantitative estimate of drug-likeness (QED) is 0.0217. The molecule has 2 aliphatic carbocycles. The fourth-order valence-corrected chi connectivity index (χ4v) is 23.2. The van der Waals surface area contributed by atoms with Gasteiger partial charge in [0.15, 0.2) is 17.3 Å². The predicted molar refractivity (Wildman–Crippen MR) is 445 cm³/mol. The summed E-state index contributed by atoms with van der Waals surface area (Å²) < 4.78 is 2.71. The number of rotatable bonds is 44. The van der Waals surface area contributed by atoms with Crippen LogP contribution in [0.4, 0.5) is 0 Å². The van der Waals surface area contributed by atoms with Gasteiger partial charge in [0.05, 0.1) is 5.57 Å². The average Bonchev–Trinajstić information content (AvgIpc) is 1.57. The zero-order valence-corrected chi connectivity index (χ0v) is 66.3. The van der Waals surface area contributed by atoms with Gasteiger partial charge in [0.25, 0.3) is 0 Å². The monoisotopic (exact) mass is 1440 g/mol. The normalized spacial score (nSPS) is 14.1.